The van der Waals surface area contributed by atoms with Crippen molar-refractivity contribution in [3.63, 3.8) is 0 Å². The minimum Gasteiger partial charge on any atom is -0.361 e. The largest absolute Gasteiger partial charge is 0.361 e. The van der Waals surface area contributed by atoms with Gasteiger partial charge in [-0.1, -0.05) is 78.0 Å². The van der Waals surface area contributed by atoms with Crippen molar-refractivity contribution < 1.29 is 14.1 Å². The van der Waals surface area contributed by atoms with E-state index in [1.165, 1.54) is 6.20 Å². The van der Waals surface area contributed by atoms with Crippen LogP contribution in [0.15, 0.2) is 83.5 Å². The van der Waals surface area contributed by atoms with Gasteiger partial charge in [0.25, 0.3) is 0 Å². The zero-order chi connectivity index (χ0) is 21.8. The Morgan fingerprint density at radius 2 is 1.52 bits per heavy atom. The number of benzene rings is 3. The molecule has 0 N–H and O–H groups in total. The molecule has 0 radical (unpaired) electrons. The van der Waals surface area contributed by atoms with E-state index in [9.17, 15) is 9.59 Å². The number of Topliss-reactive ketones (excluding diaryl/α,β-unsaturated/α-hetero) is 2. The maximum absolute atomic E-state index is 12.8. The third-order valence-corrected chi connectivity index (χ3v) is 5.49. The van der Waals surface area contributed by atoms with Gasteiger partial charge in [0, 0.05) is 18.4 Å². The lowest BCUT2D eigenvalue weighted by atomic mass is 9.94. The van der Waals surface area contributed by atoms with Crippen LogP contribution in [0.4, 0.5) is 0 Å². The van der Waals surface area contributed by atoms with Gasteiger partial charge in [-0.3, -0.25) is 9.59 Å². The number of carbonyl (C=O) groups is 2. The van der Waals surface area contributed by atoms with Crippen LogP contribution in [0, 0.1) is 13.8 Å². The quantitative estimate of drug-likeness (QED) is 0.362. The molecule has 0 aliphatic heterocycles. The molecule has 0 saturated carbocycles. The fourth-order valence-corrected chi connectivity index (χ4v) is 3.63. The zero-order valence-corrected chi connectivity index (χ0v) is 17.6. The van der Waals surface area contributed by atoms with Gasteiger partial charge >= 0.3 is 0 Å². The number of aromatic nitrogens is 1. The molecule has 4 nitrogen and oxygen atoms in total. The second kappa shape index (κ2) is 8.92. The highest BCUT2D eigenvalue weighted by Gasteiger charge is 2.16. The molecule has 0 spiro atoms. The first-order valence-electron chi connectivity index (χ1n) is 10.2. The summed E-state index contributed by atoms with van der Waals surface area (Å²) in [5.41, 5.74) is 6.21. The summed E-state index contributed by atoms with van der Waals surface area (Å²) in [7, 11) is 0. The first kappa shape index (κ1) is 20.5. The van der Waals surface area contributed by atoms with Crippen LogP contribution in [0.2, 0.25) is 0 Å². The second-order valence-electron chi connectivity index (χ2n) is 7.70. The second-order valence-corrected chi connectivity index (χ2v) is 7.70. The van der Waals surface area contributed by atoms with Gasteiger partial charge in [0.15, 0.2) is 11.6 Å². The summed E-state index contributed by atoms with van der Waals surface area (Å²) >= 11 is 0. The van der Waals surface area contributed by atoms with Crippen LogP contribution in [-0.2, 0) is 12.8 Å². The Labute approximate surface area is 181 Å². The van der Waals surface area contributed by atoms with E-state index in [4.69, 9.17) is 4.52 Å². The molecule has 3 aromatic carbocycles. The number of ketones is 2. The number of rotatable bonds is 7. The van der Waals surface area contributed by atoms with E-state index >= 15 is 0 Å². The summed E-state index contributed by atoms with van der Waals surface area (Å²) in [4.78, 5) is 25.4. The Morgan fingerprint density at radius 3 is 2.19 bits per heavy atom. The summed E-state index contributed by atoms with van der Waals surface area (Å²) in [5, 5.41) is 3.68. The molecular formula is C27H23NO3. The van der Waals surface area contributed by atoms with Crippen molar-refractivity contribution in [1.29, 1.82) is 0 Å². The average Bonchev–Trinajstić information content (AvgIpc) is 3.23. The molecule has 0 aliphatic rings. The molecule has 0 bridgehead atoms. The van der Waals surface area contributed by atoms with Gasteiger partial charge in [-0.25, -0.2) is 0 Å². The molecule has 4 aromatic rings. The standard InChI is InChI=1S/C27H23NO3/c1-18-8-9-20(14-24(18)16-27(30)25-17-28-31-19(25)2)15-26(29)23-12-10-22(11-13-23)21-6-4-3-5-7-21/h3-14,17H,15-16H2,1-2H3. The lowest BCUT2D eigenvalue weighted by Gasteiger charge is -2.09. The van der Waals surface area contributed by atoms with Crippen molar-refractivity contribution in [2.45, 2.75) is 26.7 Å². The van der Waals surface area contributed by atoms with Gasteiger partial charge in [-0.2, -0.15) is 0 Å². The smallest absolute Gasteiger partial charge is 0.172 e. The molecular weight excluding hydrogens is 386 g/mol. The van der Waals surface area contributed by atoms with E-state index in [0.717, 1.165) is 27.8 Å². The Morgan fingerprint density at radius 1 is 0.806 bits per heavy atom. The van der Waals surface area contributed by atoms with Crippen molar-refractivity contribution >= 4 is 11.6 Å². The van der Waals surface area contributed by atoms with Crippen LogP contribution >= 0.6 is 0 Å². The summed E-state index contributed by atoms with van der Waals surface area (Å²) in [5.74, 6) is 0.533. The van der Waals surface area contributed by atoms with Gasteiger partial charge in [0.05, 0.1) is 11.8 Å². The normalized spacial score (nSPS) is 10.8. The van der Waals surface area contributed by atoms with E-state index in [1.807, 2.05) is 79.7 Å². The van der Waals surface area contributed by atoms with Crippen LogP contribution in [0.25, 0.3) is 11.1 Å². The van der Waals surface area contributed by atoms with Crippen LogP contribution < -0.4 is 0 Å². The topological polar surface area (TPSA) is 60.2 Å². The molecule has 154 valence electrons. The predicted molar refractivity (Wildman–Crippen MR) is 120 cm³/mol. The molecule has 4 heteroatoms. The monoisotopic (exact) mass is 409 g/mol. The highest BCUT2D eigenvalue weighted by Crippen LogP contribution is 2.21. The molecule has 0 amide bonds. The average molecular weight is 409 g/mol. The number of aryl methyl sites for hydroxylation is 2. The number of hydrogen-bond acceptors (Lipinski definition) is 4. The third-order valence-electron chi connectivity index (χ3n) is 5.49. The summed E-state index contributed by atoms with van der Waals surface area (Å²) < 4.78 is 5.00. The lowest BCUT2D eigenvalue weighted by Crippen LogP contribution is -2.08. The fourth-order valence-electron chi connectivity index (χ4n) is 3.63. The van der Waals surface area contributed by atoms with Crippen molar-refractivity contribution in [2.75, 3.05) is 0 Å². The molecule has 31 heavy (non-hydrogen) atoms. The molecule has 1 aromatic heterocycles. The van der Waals surface area contributed by atoms with E-state index < -0.39 is 0 Å². The van der Waals surface area contributed by atoms with E-state index in [0.29, 0.717) is 23.3 Å². The van der Waals surface area contributed by atoms with Gasteiger partial charge in [0.1, 0.15) is 5.76 Å². The SMILES string of the molecule is Cc1ccc(CC(=O)c2ccc(-c3ccccc3)cc2)cc1CC(=O)c1cnoc1C. The highest BCUT2D eigenvalue weighted by molar-refractivity contribution is 5.99. The highest BCUT2D eigenvalue weighted by atomic mass is 16.5. The number of carbonyl (C=O) groups excluding carboxylic acids is 2. The molecule has 4 rings (SSSR count). The van der Waals surface area contributed by atoms with Crippen LogP contribution in [0.1, 0.15) is 43.2 Å². The van der Waals surface area contributed by atoms with Crippen molar-refractivity contribution in [3.05, 3.63) is 113 Å². The van der Waals surface area contributed by atoms with Crippen molar-refractivity contribution in [2.24, 2.45) is 0 Å². The van der Waals surface area contributed by atoms with Crippen LogP contribution in [0.3, 0.4) is 0 Å². The predicted octanol–water partition coefficient (Wildman–Crippen LogP) is 5.81. The van der Waals surface area contributed by atoms with Crippen LogP contribution in [-0.4, -0.2) is 16.7 Å². The minimum atomic E-state index is -0.0400. The Balaban J connectivity index is 1.48. The first-order valence-corrected chi connectivity index (χ1v) is 10.2. The molecule has 0 atom stereocenters. The number of hydrogen-bond donors (Lipinski definition) is 0. The van der Waals surface area contributed by atoms with E-state index in [-0.39, 0.29) is 18.0 Å². The summed E-state index contributed by atoms with van der Waals surface area (Å²) in [6, 6.07) is 23.6. The fraction of sp³-hybridized carbons (Fsp3) is 0.148. The molecule has 0 saturated heterocycles. The first-order chi connectivity index (χ1) is 15.0. The maximum Gasteiger partial charge on any atom is 0.172 e. The maximum atomic E-state index is 12.8. The minimum absolute atomic E-state index is 0.0400. The summed E-state index contributed by atoms with van der Waals surface area (Å²) in [6.07, 6.45) is 2.00. The zero-order valence-electron chi connectivity index (χ0n) is 17.6. The Bertz CT molecular complexity index is 1220. The van der Waals surface area contributed by atoms with Gasteiger partial charge < -0.3 is 4.52 Å². The molecule has 0 aliphatic carbocycles. The van der Waals surface area contributed by atoms with Gasteiger partial charge in [-0.05, 0) is 41.7 Å². The molecule has 1 heterocycles. The molecule has 0 fully saturated rings. The molecule has 0 unspecified atom stereocenters. The van der Waals surface area contributed by atoms with Gasteiger partial charge in [-0.15, -0.1) is 0 Å². The van der Waals surface area contributed by atoms with E-state index in [1.54, 1.807) is 6.92 Å². The van der Waals surface area contributed by atoms with Crippen molar-refractivity contribution in [3.8, 4) is 11.1 Å². The van der Waals surface area contributed by atoms with Gasteiger partial charge in [0.2, 0.25) is 0 Å². The summed E-state index contributed by atoms with van der Waals surface area (Å²) in [6.45, 7) is 3.70. The van der Waals surface area contributed by atoms with Crippen LogP contribution in [0.5, 0.6) is 0 Å². The third kappa shape index (κ3) is 4.69. The Hall–Kier alpha value is -3.79. The lowest BCUT2D eigenvalue weighted by molar-refractivity contribution is 0.0985. The van der Waals surface area contributed by atoms with Crippen molar-refractivity contribution in [1.82, 2.24) is 5.16 Å². The number of nitrogens with zero attached hydrogens (tertiary/aromatic N) is 1. The van der Waals surface area contributed by atoms with E-state index in [2.05, 4.69) is 5.16 Å². The Kier molecular flexibility index (Phi) is 5.89.